The maximum Gasteiger partial charge on any atom is 0.255 e. The molecule has 1 amide bonds. The van der Waals surface area contributed by atoms with Gasteiger partial charge in [-0.3, -0.25) is 9.69 Å². The number of hydrogen-bond donors (Lipinski definition) is 1. The van der Waals surface area contributed by atoms with Gasteiger partial charge in [-0.05, 0) is 66.8 Å². The van der Waals surface area contributed by atoms with Gasteiger partial charge in [-0.15, -0.1) is 0 Å². The van der Waals surface area contributed by atoms with Gasteiger partial charge < -0.3 is 14.8 Å². The van der Waals surface area contributed by atoms with Crippen LogP contribution in [0.3, 0.4) is 0 Å². The minimum absolute atomic E-state index is 0.0845. The average Bonchev–Trinajstić information content (AvgIpc) is 2.83. The minimum Gasteiger partial charge on any atom is -0.454 e. The molecular weight excluding hydrogens is 490 g/mol. The number of rotatable bonds is 6. The van der Waals surface area contributed by atoms with E-state index in [1.807, 2.05) is 12.1 Å². The highest BCUT2D eigenvalue weighted by Crippen LogP contribution is 2.40. The first-order chi connectivity index (χ1) is 17.0. The predicted octanol–water partition coefficient (Wildman–Crippen LogP) is 6.76. The largest absolute Gasteiger partial charge is 0.454 e. The monoisotopic (exact) mass is 514 g/mol. The van der Waals surface area contributed by atoms with Crippen molar-refractivity contribution in [3.63, 3.8) is 0 Å². The maximum absolute atomic E-state index is 14.7. The number of ether oxygens (including phenoxy) is 2. The Balaban J connectivity index is 1.17. The molecule has 0 unspecified atom stereocenters. The normalized spacial score (nSPS) is 20.2. The van der Waals surface area contributed by atoms with Gasteiger partial charge in [0.2, 0.25) is 0 Å². The van der Waals surface area contributed by atoms with E-state index in [0.717, 1.165) is 39.1 Å². The molecule has 1 N–H and O–H groups in total. The second kappa shape index (κ2) is 10.5. The van der Waals surface area contributed by atoms with E-state index in [9.17, 15) is 9.18 Å². The molecule has 2 aliphatic rings. The van der Waals surface area contributed by atoms with Crippen LogP contribution in [0.1, 0.15) is 34.7 Å². The van der Waals surface area contributed by atoms with E-state index in [-0.39, 0.29) is 10.8 Å². The zero-order valence-corrected chi connectivity index (χ0v) is 20.5. The smallest absolute Gasteiger partial charge is 0.255 e. The van der Waals surface area contributed by atoms with Crippen molar-refractivity contribution in [1.29, 1.82) is 0 Å². The van der Waals surface area contributed by atoms with E-state index in [0.29, 0.717) is 34.0 Å². The molecule has 1 saturated heterocycles. The molecular formula is C27H25Cl2FN2O3. The van der Waals surface area contributed by atoms with Gasteiger partial charge in [-0.2, -0.15) is 0 Å². The summed E-state index contributed by atoms with van der Waals surface area (Å²) in [5.41, 5.74) is 1.91. The standard InChI is InChI=1S/C27H25Cl2FN2O3/c28-23-7-3-18(15-24(23)29)27(33)31-20-4-8-26(25(30)16-20)35-22-5-1-17(2-6-22)19-13-21(14-19)32-9-11-34-12-10-32/h1-8,15-16,19,21H,9-14H2,(H,31,33). The summed E-state index contributed by atoms with van der Waals surface area (Å²) in [5, 5.41) is 3.28. The van der Waals surface area contributed by atoms with Crippen LogP contribution in [0.15, 0.2) is 60.7 Å². The minimum atomic E-state index is -0.576. The summed E-state index contributed by atoms with van der Waals surface area (Å²) in [6.07, 6.45) is 2.31. The molecule has 3 aromatic carbocycles. The van der Waals surface area contributed by atoms with Crippen molar-refractivity contribution >= 4 is 34.8 Å². The third kappa shape index (κ3) is 5.62. The Morgan fingerprint density at radius 3 is 2.40 bits per heavy atom. The number of benzene rings is 3. The zero-order valence-electron chi connectivity index (χ0n) is 19.0. The van der Waals surface area contributed by atoms with Gasteiger partial charge in [-0.25, -0.2) is 4.39 Å². The van der Waals surface area contributed by atoms with Gasteiger partial charge in [0.25, 0.3) is 5.91 Å². The fourth-order valence-electron chi connectivity index (χ4n) is 4.54. The summed E-state index contributed by atoms with van der Waals surface area (Å²) in [6, 6.07) is 17.3. The van der Waals surface area contributed by atoms with E-state index < -0.39 is 11.7 Å². The van der Waals surface area contributed by atoms with Crippen LogP contribution in [0.5, 0.6) is 11.5 Å². The Morgan fingerprint density at radius 1 is 0.971 bits per heavy atom. The molecule has 8 heteroatoms. The molecule has 1 aliphatic carbocycles. The van der Waals surface area contributed by atoms with Crippen molar-refractivity contribution in [3.8, 4) is 11.5 Å². The molecule has 0 radical (unpaired) electrons. The second-order valence-electron chi connectivity index (χ2n) is 8.87. The van der Waals surface area contributed by atoms with E-state index in [4.69, 9.17) is 32.7 Å². The van der Waals surface area contributed by atoms with Crippen LogP contribution in [0.2, 0.25) is 10.0 Å². The SMILES string of the molecule is O=C(Nc1ccc(Oc2ccc(C3CC(N4CCOCC4)C3)cc2)c(F)c1)c1ccc(Cl)c(Cl)c1. The average molecular weight is 515 g/mol. The third-order valence-electron chi connectivity index (χ3n) is 6.63. The Bertz CT molecular complexity index is 1210. The Labute approximate surface area is 213 Å². The summed E-state index contributed by atoms with van der Waals surface area (Å²) in [4.78, 5) is 14.9. The number of amides is 1. The molecule has 1 saturated carbocycles. The zero-order chi connectivity index (χ0) is 24.4. The molecule has 182 valence electrons. The van der Waals surface area contributed by atoms with E-state index in [1.54, 1.807) is 12.1 Å². The van der Waals surface area contributed by atoms with E-state index in [1.165, 1.54) is 29.8 Å². The van der Waals surface area contributed by atoms with Gasteiger partial charge in [0, 0.05) is 36.4 Å². The number of halogens is 3. The molecule has 3 aromatic rings. The molecule has 1 aliphatic heterocycles. The third-order valence-corrected chi connectivity index (χ3v) is 7.37. The topological polar surface area (TPSA) is 50.8 Å². The quantitative estimate of drug-likeness (QED) is 0.395. The lowest BCUT2D eigenvalue weighted by Crippen LogP contribution is -2.48. The molecule has 2 fully saturated rings. The molecule has 5 rings (SSSR count). The number of hydrogen-bond acceptors (Lipinski definition) is 4. The number of carbonyl (C=O) groups is 1. The van der Waals surface area contributed by atoms with E-state index >= 15 is 0 Å². The maximum atomic E-state index is 14.7. The van der Waals surface area contributed by atoms with Gasteiger partial charge in [-0.1, -0.05) is 35.3 Å². The number of anilines is 1. The van der Waals surface area contributed by atoms with Crippen molar-refractivity contribution in [2.75, 3.05) is 31.6 Å². The first kappa shape index (κ1) is 24.1. The number of morpholine rings is 1. The number of nitrogens with zero attached hydrogens (tertiary/aromatic N) is 1. The van der Waals surface area contributed by atoms with Crippen LogP contribution in [0, 0.1) is 5.82 Å². The van der Waals surface area contributed by atoms with Crippen molar-refractivity contribution in [2.24, 2.45) is 0 Å². The molecule has 35 heavy (non-hydrogen) atoms. The van der Waals surface area contributed by atoms with Crippen LogP contribution < -0.4 is 10.1 Å². The Kier molecular flexibility index (Phi) is 7.25. The highest BCUT2D eigenvalue weighted by atomic mass is 35.5. The van der Waals surface area contributed by atoms with E-state index in [2.05, 4.69) is 22.3 Å². The first-order valence-electron chi connectivity index (χ1n) is 11.6. The molecule has 0 aromatic heterocycles. The molecule has 1 heterocycles. The van der Waals surface area contributed by atoms with Gasteiger partial charge in [0.05, 0.1) is 23.3 Å². The molecule has 0 bridgehead atoms. The van der Waals surface area contributed by atoms with Gasteiger partial charge >= 0.3 is 0 Å². The van der Waals surface area contributed by atoms with Crippen molar-refractivity contribution in [3.05, 3.63) is 87.7 Å². The summed E-state index contributed by atoms with van der Waals surface area (Å²) in [7, 11) is 0. The molecule has 5 nitrogen and oxygen atoms in total. The lowest BCUT2D eigenvalue weighted by Gasteiger charge is -2.44. The highest BCUT2D eigenvalue weighted by Gasteiger charge is 2.34. The Hall–Kier alpha value is -2.64. The first-order valence-corrected chi connectivity index (χ1v) is 12.4. The van der Waals surface area contributed by atoms with Crippen LogP contribution in [-0.4, -0.2) is 43.2 Å². The van der Waals surface area contributed by atoms with Crippen molar-refractivity contribution in [2.45, 2.75) is 24.8 Å². The second-order valence-corrected chi connectivity index (χ2v) is 9.68. The van der Waals surface area contributed by atoms with Crippen LogP contribution >= 0.6 is 23.2 Å². The van der Waals surface area contributed by atoms with Crippen molar-refractivity contribution in [1.82, 2.24) is 4.90 Å². The number of carbonyl (C=O) groups excluding carboxylic acids is 1. The molecule has 0 spiro atoms. The fraction of sp³-hybridized carbons (Fsp3) is 0.296. The fourth-order valence-corrected chi connectivity index (χ4v) is 4.84. The molecule has 0 atom stereocenters. The summed E-state index contributed by atoms with van der Waals surface area (Å²) < 4.78 is 25.9. The highest BCUT2D eigenvalue weighted by molar-refractivity contribution is 6.42. The Morgan fingerprint density at radius 2 is 1.71 bits per heavy atom. The van der Waals surface area contributed by atoms with Gasteiger partial charge in [0.15, 0.2) is 11.6 Å². The number of nitrogens with one attached hydrogen (secondary N) is 1. The van der Waals surface area contributed by atoms with Crippen molar-refractivity contribution < 1.29 is 18.7 Å². The predicted molar refractivity (Wildman–Crippen MR) is 135 cm³/mol. The summed E-state index contributed by atoms with van der Waals surface area (Å²) >= 11 is 11.9. The van der Waals surface area contributed by atoms with Crippen LogP contribution in [0.25, 0.3) is 0 Å². The summed E-state index contributed by atoms with van der Waals surface area (Å²) in [6.45, 7) is 3.70. The van der Waals surface area contributed by atoms with Crippen LogP contribution in [-0.2, 0) is 4.74 Å². The lowest BCUT2D eigenvalue weighted by atomic mass is 9.75. The summed E-state index contributed by atoms with van der Waals surface area (Å²) in [5.74, 6) is 0.199. The van der Waals surface area contributed by atoms with Gasteiger partial charge in [0.1, 0.15) is 5.75 Å². The lowest BCUT2D eigenvalue weighted by molar-refractivity contribution is -0.00698. The van der Waals surface area contributed by atoms with Crippen LogP contribution in [0.4, 0.5) is 10.1 Å².